The van der Waals surface area contributed by atoms with Crippen LogP contribution in [-0.4, -0.2) is 18.4 Å². The van der Waals surface area contributed by atoms with E-state index in [0.29, 0.717) is 16.5 Å². The second-order valence-corrected chi connectivity index (χ2v) is 7.10. The fraction of sp³-hybridized carbons (Fsp3) is 0.333. The van der Waals surface area contributed by atoms with Gasteiger partial charge >= 0.3 is 0 Å². The Labute approximate surface area is 164 Å². The SMILES string of the molecule is CCC(NC(=O)COc1cccc(NC(=O)C2CC2)c1)c1ccc(Cl)cc1. The van der Waals surface area contributed by atoms with E-state index in [2.05, 4.69) is 10.6 Å². The van der Waals surface area contributed by atoms with Crippen molar-refractivity contribution in [2.24, 2.45) is 5.92 Å². The third kappa shape index (κ3) is 5.73. The van der Waals surface area contributed by atoms with Crippen LogP contribution in [0, 0.1) is 5.92 Å². The molecule has 1 saturated carbocycles. The number of hydrogen-bond acceptors (Lipinski definition) is 3. The highest BCUT2D eigenvalue weighted by Crippen LogP contribution is 2.30. The molecule has 6 heteroatoms. The number of amides is 2. The van der Waals surface area contributed by atoms with Crippen molar-refractivity contribution in [1.29, 1.82) is 0 Å². The Balaban J connectivity index is 1.52. The van der Waals surface area contributed by atoms with Crippen molar-refractivity contribution < 1.29 is 14.3 Å². The van der Waals surface area contributed by atoms with Crippen LogP contribution >= 0.6 is 11.6 Å². The van der Waals surface area contributed by atoms with Crippen LogP contribution in [0.1, 0.15) is 37.8 Å². The molecule has 5 nitrogen and oxygen atoms in total. The number of carbonyl (C=O) groups excluding carboxylic acids is 2. The largest absolute Gasteiger partial charge is 0.484 e. The molecule has 1 aliphatic rings. The summed E-state index contributed by atoms with van der Waals surface area (Å²) in [5.74, 6) is 0.514. The maximum Gasteiger partial charge on any atom is 0.258 e. The number of hydrogen-bond donors (Lipinski definition) is 2. The van der Waals surface area contributed by atoms with E-state index in [4.69, 9.17) is 16.3 Å². The lowest BCUT2D eigenvalue weighted by atomic mass is 10.0. The summed E-state index contributed by atoms with van der Waals surface area (Å²) in [7, 11) is 0. The molecule has 0 aromatic heterocycles. The summed E-state index contributed by atoms with van der Waals surface area (Å²) in [5, 5.41) is 6.50. The number of ether oxygens (including phenoxy) is 1. The van der Waals surface area contributed by atoms with Gasteiger partial charge in [-0.2, -0.15) is 0 Å². The van der Waals surface area contributed by atoms with Gasteiger partial charge in [0.15, 0.2) is 6.61 Å². The molecule has 1 aliphatic carbocycles. The molecule has 0 heterocycles. The fourth-order valence-electron chi connectivity index (χ4n) is 2.75. The number of anilines is 1. The van der Waals surface area contributed by atoms with Gasteiger partial charge < -0.3 is 15.4 Å². The summed E-state index contributed by atoms with van der Waals surface area (Å²) in [6.07, 6.45) is 2.67. The Morgan fingerprint density at radius 3 is 2.59 bits per heavy atom. The standard InChI is InChI=1S/C21H23ClN2O3/c1-2-19(14-8-10-16(22)11-9-14)24-20(25)13-27-18-5-3-4-17(12-18)23-21(26)15-6-7-15/h3-5,8-12,15,19H,2,6-7,13H2,1H3,(H,23,26)(H,24,25). The average molecular weight is 387 g/mol. The van der Waals surface area contributed by atoms with Gasteiger partial charge in [-0.1, -0.05) is 36.7 Å². The molecule has 0 bridgehead atoms. The highest BCUT2D eigenvalue weighted by atomic mass is 35.5. The van der Waals surface area contributed by atoms with Crippen LogP contribution in [0.25, 0.3) is 0 Å². The maximum absolute atomic E-state index is 12.3. The van der Waals surface area contributed by atoms with Crippen LogP contribution in [0.3, 0.4) is 0 Å². The summed E-state index contributed by atoms with van der Waals surface area (Å²) in [5.41, 5.74) is 1.68. The first-order valence-electron chi connectivity index (χ1n) is 9.13. The topological polar surface area (TPSA) is 67.4 Å². The number of nitrogens with one attached hydrogen (secondary N) is 2. The Hall–Kier alpha value is -2.53. The summed E-state index contributed by atoms with van der Waals surface area (Å²) in [6.45, 7) is 1.91. The predicted octanol–water partition coefficient (Wildman–Crippen LogP) is 4.33. The zero-order valence-corrected chi connectivity index (χ0v) is 16.0. The molecule has 1 unspecified atom stereocenters. The summed E-state index contributed by atoms with van der Waals surface area (Å²) in [4.78, 5) is 24.1. The molecule has 2 N–H and O–H groups in total. The number of carbonyl (C=O) groups is 2. The molecule has 0 saturated heterocycles. The minimum atomic E-state index is -0.204. The van der Waals surface area contributed by atoms with Gasteiger partial charge in [0.2, 0.25) is 5.91 Å². The third-order valence-corrected chi connectivity index (χ3v) is 4.69. The molecular weight excluding hydrogens is 364 g/mol. The van der Waals surface area contributed by atoms with Crippen molar-refractivity contribution in [3.63, 3.8) is 0 Å². The third-order valence-electron chi connectivity index (χ3n) is 4.44. The maximum atomic E-state index is 12.3. The molecule has 2 amide bonds. The molecule has 2 aromatic carbocycles. The van der Waals surface area contributed by atoms with Gasteiger partial charge in [0.05, 0.1) is 6.04 Å². The van der Waals surface area contributed by atoms with Gasteiger partial charge in [0.1, 0.15) is 5.75 Å². The van der Waals surface area contributed by atoms with E-state index in [0.717, 1.165) is 24.8 Å². The lowest BCUT2D eigenvalue weighted by Crippen LogP contribution is -2.32. The molecule has 142 valence electrons. The van der Waals surface area contributed by atoms with E-state index in [1.807, 2.05) is 31.2 Å². The van der Waals surface area contributed by atoms with E-state index >= 15 is 0 Å². The number of halogens is 1. The lowest BCUT2D eigenvalue weighted by Gasteiger charge is -2.18. The van der Waals surface area contributed by atoms with Gasteiger partial charge in [-0.15, -0.1) is 0 Å². The van der Waals surface area contributed by atoms with E-state index in [-0.39, 0.29) is 30.4 Å². The van der Waals surface area contributed by atoms with E-state index in [1.165, 1.54) is 0 Å². The van der Waals surface area contributed by atoms with Gasteiger partial charge in [0, 0.05) is 22.7 Å². The van der Waals surface area contributed by atoms with Gasteiger partial charge in [0.25, 0.3) is 5.91 Å². The van der Waals surface area contributed by atoms with Crippen molar-refractivity contribution in [2.75, 3.05) is 11.9 Å². The quantitative estimate of drug-likeness (QED) is 0.709. The molecule has 0 spiro atoms. The first kappa shape index (κ1) is 19.2. The fourth-order valence-corrected chi connectivity index (χ4v) is 2.88. The monoisotopic (exact) mass is 386 g/mol. The molecular formula is C21H23ClN2O3. The zero-order valence-electron chi connectivity index (χ0n) is 15.2. The van der Waals surface area contributed by atoms with Crippen LogP contribution in [-0.2, 0) is 9.59 Å². The molecule has 27 heavy (non-hydrogen) atoms. The summed E-state index contributed by atoms with van der Waals surface area (Å²) < 4.78 is 5.58. The minimum Gasteiger partial charge on any atom is -0.484 e. The smallest absolute Gasteiger partial charge is 0.258 e. The summed E-state index contributed by atoms with van der Waals surface area (Å²) in [6, 6.07) is 14.4. The van der Waals surface area contributed by atoms with Crippen molar-refractivity contribution >= 4 is 29.1 Å². The van der Waals surface area contributed by atoms with Crippen molar-refractivity contribution in [2.45, 2.75) is 32.2 Å². The van der Waals surface area contributed by atoms with E-state index < -0.39 is 0 Å². The van der Waals surface area contributed by atoms with Gasteiger partial charge in [-0.25, -0.2) is 0 Å². The zero-order chi connectivity index (χ0) is 19.2. The molecule has 0 radical (unpaired) electrons. The average Bonchev–Trinajstić information content (AvgIpc) is 3.51. The van der Waals surface area contributed by atoms with Crippen LogP contribution in [0.2, 0.25) is 5.02 Å². The molecule has 0 aliphatic heterocycles. The highest BCUT2D eigenvalue weighted by molar-refractivity contribution is 6.30. The Morgan fingerprint density at radius 2 is 1.93 bits per heavy atom. The second-order valence-electron chi connectivity index (χ2n) is 6.66. The first-order valence-corrected chi connectivity index (χ1v) is 9.51. The van der Waals surface area contributed by atoms with E-state index in [9.17, 15) is 9.59 Å². The molecule has 2 aromatic rings. The van der Waals surface area contributed by atoms with Crippen molar-refractivity contribution in [1.82, 2.24) is 5.32 Å². The Kier molecular flexibility index (Phi) is 6.35. The second kappa shape index (κ2) is 8.91. The lowest BCUT2D eigenvalue weighted by molar-refractivity contribution is -0.124. The first-order chi connectivity index (χ1) is 13.0. The Morgan fingerprint density at radius 1 is 1.19 bits per heavy atom. The van der Waals surface area contributed by atoms with Crippen LogP contribution < -0.4 is 15.4 Å². The molecule has 1 fully saturated rings. The van der Waals surface area contributed by atoms with E-state index in [1.54, 1.807) is 24.3 Å². The molecule has 1 atom stereocenters. The Bertz CT molecular complexity index is 803. The minimum absolute atomic E-state index is 0.0404. The van der Waals surface area contributed by atoms with Crippen molar-refractivity contribution in [3.05, 3.63) is 59.1 Å². The summed E-state index contributed by atoms with van der Waals surface area (Å²) >= 11 is 5.91. The highest BCUT2D eigenvalue weighted by Gasteiger charge is 2.29. The number of benzene rings is 2. The van der Waals surface area contributed by atoms with Crippen LogP contribution in [0.15, 0.2) is 48.5 Å². The number of rotatable bonds is 8. The predicted molar refractivity (Wildman–Crippen MR) is 106 cm³/mol. The van der Waals surface area contributed by atoms with Crippen LogP contribution in [0.4, 0.5) is 5.69 Å². The van der Waals surface area contributed by atoms with Gasteiger partial charge in [-0.3, -0.25) is 9.59 Å². The van der Waals surface area contributed by atoms with Gasteiger partial charge in [-0.05, 0) is 49.1 Å². The molecule has 3 rings (SSSR count). The normalized spacial score (nSPS) is 14.3. The van der Waals surface area contributed by atoms with Crippen LogP contribution in [0.5, 0.6) is 5.75 Å². The van der Waals surface area contributed by atoms with Crippen molar-refractivity contribution in [3.8, 4) is 5.75 Å².